The van der Waals surface area contributed by atoms with E-state index in [0.29, 0.717) is 16.9 Å². The third-order valence-corrected chi connectivity index (χ3v) is 5.68. The Morgan fingerprint density at radius 3 is 2.72 bits per heavy atom. The molecule has 0 unspecified atom stereocenters. The van der Waals surface area contributed by atoms with Gasteiger partial charge in [0.25, 0.3) is 0 Å². The van der Waals surface area contributed by atoms with Crippen molar-refractivity contribution in [1.29, 1.82) is 0 Å². The molecule has 2 aromatic heterocycles. The second-order valence-corrected chi connectivity index (χ2v) is 7.59. The molecule has 2 heterocycles. The van der Waals surface area contributed by atoms with Crippen LogP contribution in [0.4, 0.5) is 0 Å². The van der Waals surface area contributed by atoms with Gasteiger partial charge in [0.2, 0.25) is 0 Å². The Bertz CT molecular complexity index is 571. The van der Waals surface area contributed by atoms with E-state index in [2.05, 4.69) is 62.3 Å². The van der Waals surface area contributed by atoms with Gasteiger partial charge in [0.15, 0.2) is 5.82 Å². The van der Waals surface area contributed by atoms with Crippen LogP contribution in [0.15, 0.2) is 15.9 Å². The first kappa shape index (κ1) is 14.7. The van der Waals surface area contributed by atoms with Gasteiger partial charge in [-0.1, -0.05) is 25.4 Å². The van der Waals surface area contributed by atoms with E-state index in [9.17, 15) is 0 Å². The molecular weight excluding hydrogens is 446 g/mol. The van der Waals surface area contributed by atoms with Crippen LogP contribution >= 0.6 is 61.5 Å². The number of halogens is 3. The van der Waals surface area contributed by atoms with Crippen LogP contribution < -0.4 is 0 Å². The summed E-state index contributed by atoms with van der Waals surface area (Å²) in [5.41, 5.74) is 1.03. The zero-order valence-electron chi connectivity index (χ0n) is 9.88. The molecule has 0 bridgehead atoms. The third kappa shape index (κ3) is 3.43. The molecule has 0 spiro atoms. The van der Waals surface area contributed by atoms with Crippen molar-refractivity contribution in [3.63, 3.8) is 0 Å². The Labute approximate surface area is 137 Å². The number of hydrogen-bond acceptors (Lipinski definition) is 3. The normalized spacial score (nSPS) is 11.2. The van der Waals surface area contributed by atoms with Gasteiger partial charge < -0.3 is 0 Å². The number of hydrogen-bond donors (Lipinski definition) is 0. The van der Waals surface area contributed by atoms with Gasteiger partial charge in [0, 0.05) is 9.85 Å². The molecule has 6 heteroatoms. The first-order chi connectivity index (χ1) is 8.47. The lowest BCUT2D eigenvalue weighted by atomic mass is 10.1. The fourth-order valence-electron chi connectivity index (χ4n) is 1.53. The minimum absolute atomic E-state index is 0.542. The summed E-state index contributed by atoms with van der Waals surface area (Å²) < 4.78 is 2.01. The molecule has 0 aliphatic rings. The molecule has 2 nitrogen and oxygen atoms in total. The van der Waals surface area contributed by atoms with E-state index in [-0.39, 0.29) is 0 Å². The van der Waals surface area contributed by atoms with Crippen molar-refractivity contribution in [1.82, 2.24) is 9.97 Å². The number of thiophene rings is 1. The van der Waals surface area contributed by atoms with Crippen molar-refractivity contribution in [3.05, 3.63) is 30.3 Å². The van der Waals surface area contributed by atoms with Crippen LogP contribution in [0.3, 0.4) is 0 Å². The van der Waals surface area contributed by atoms with Crippen LogP contribution in [0.25, 0.3) is 10.7 Å². The number of nitrogens with zero attached hydrogens (tertiary/aromatic N) is 2. The highest BCUT2D eigenvalue weighted by atomic mass is 127. The Balaban J connectivity index is 2.46. The van der Waals surface area contributed by atoms with Crippen molar-refractivity contribution in [2.75, 3.05) is 0 Å². The number of aromatic nitrogens is 2. The molecule has 18 heavy (non-hydrogen) atoms. The standard InChI is InChI=1S/C12H11BrClIN2S/c1-6(2)3-8-10(15)11(14)17-12(16-8)9-4-7(13)5-18-9/h4-6H,3H2,1-2H3. The SMILES string of the molecule is CC(C)Cc1nc(-c2cc(Br)cs2)nc(Cl)c1I. The average molecular weight is 458 g/mol. The van der Waals surface area contributed by atoms with E-state index in [4.69, 9.17) is 11.6 Å². The van der Waals surface area contributed by atoms with Crippen molar-refractivity contribution in [2.45, 2.75) is 20.3 Å². The average Bonchev–Trinajstić information content (AvgIpc) is 2.70. The Kier molecular flexibility index (Phi) is 5.02. The summed E-state index contributed by atoms with van der Waals surface area (Å²) in [6.45, 7) is 4.35. The van der Waals surface area contributed by atoms with Crippen LogP contribution in [0.1, 0.15) is 19.5 Å². The highest BCUT2D eigenvalue weighted by molar-refractivity contribution is 14.1. The Morgan fingerprint density at radius 1 is 1.44 bits per heavy atom. The molecule has 0 saturated carbocycles. The van der Waals surface area contributed by atoms with E-state index < -0.39 is 0 Å². The van der Waals surface area contributed by atoms with E-state index in [1.807, 2.05) is 11.4 Å². The van der Waals surface area contributed by atoms with Gasteiger partial charge in [-0.25, -0.2) is 9.97 Å². The van der Waals surface area contributed by atoms with Gasteiger partial charge in [0.1, 0.15) is 5.15 Å². The molecule has 0 aromatic carbocycles. The van der Waals surface area contributed by atoms with Crippen LogP contribution in [0.5, 0.6) is 0 Å². The van der Waals surface area contributed by atoms with Gasteiger partial charge in [-0.3, -0.25) is 0 Å². The largest absolute Gasteiger partial charge is 0.231 e. The summed E-state index contributed by atoms with van der Waals surface area (Å²) in [6.07, 6.45) is 0.917. The molecule has 0 aliphatic heterocycles. The third-order valence-electron chi connectivity index (χ3n) is 2.27. The lowest BCUT2D eigenvalue weighted by Gasteiger charge is -2.09. The molecule has 0 N–H and O–H groups in total. The van der Waals surface area contributed by atoms with E-state index in [1.54, 1.807) is 11.3 Å². The zero-order chi connectivity index (χ0) is 13.3. The lowest BCUT2D eigenvalue weighted by Crippen LogP contribution is -2.04. The highest BCUT2D eigenvalue weighted by Crippen LogP contribution is 2.30. The molecule has 0 fully saturated rings. The summed E-state index contributed by atoms with van der Waals surface area (Å²) in [6, 6.07) is 2.02. The Morgan fingerprint density at radius 2 is 2.17 bits per heavy atom. The minimum atomic E-state index is 0.542. The van der Waals surface area contributed by atoms with Crippen molar-refractivity contribution in [2.24, 2.45) is 5.92 Å². The first-order valence-corrected chi connectivity index (χ1v) is 8.56. The first-order valence-electron chi connectivity index (χ1n) is 5.43. The minimum Gasteiger partial charge on any atom is -0.231 e. The number of rotatable bonds is 3. The van der Waals surface area contributed by atoms with Crippen molar-refractivity contribution >= 4 is 61.5 Å². The maximum absolute atomic E-state index is 6.19. The monoisotopic (exact) mass is 456 g/mol. The highest BCUT2D eigenvalue weighted by Gasteiger charge is 2.14. The summed E-state index contributed by atoms with van der Waals surface area (Å²) in [5, 5.41) is 2.56. The van der Waals surface area contributed by atoms with Gasteiger partial charge in [0.05, 0.1) is 14.1 Å². The topological polar surface area (TPSA) is 25.8 Å². The predicted molar refractivity (Wildman–Crippen MR) is 89.3 cm³/mol. The summed E-state index contributed by atoms with van der Waals surface area (Å²) in [4.78, 5) is 10.0. The quantitative estimate of drug-likeness (QED) is 0.454. The van der Waals surface area contributed by atoms with Gasteiger partial charge in [-0.2, -0.15) is 0 Å². The maximum Gasteiger partial charge on any atom is 0.171 e. The molecule has 2 aromatic rings. The van der Waals surface area contributed by atoms with E-state index >= 15 is 0 Å². The molecule has 2 rings (SSSR count). The predicted octanol–water partition coefficient (Wildman–Crippen LogP) is 5.42. The smallest absolute Gasteiger partial charge is 0.171 e. The molecule has 0 atom stereocenters. The van der Waals surface area contributed by atoms with Gasteiger partial charge in [-0.15, -0.1) is 11.3 Å². The fraction of sp³-hybridized carbons (Fsp3) is 0.333. The van der Waals surface area contributed by atoms with Crippen LogP contribution in [0, 0.1) is 9.49 Å². The second kappa shape index (κ2) is 6.15. The van der Waals surface area contributed by atoms with Crippen LogP contribution in [0.2, 0.25) is 5.15 Å². The van der Waals surface area contributed by atoms with E-state index in [0.717, 1.165) is 25.0 Å². The van der Waals surface area contributed by atoms with Crippen LogP contribution in [-0.4, -0.2) is 9.97 Å². The second-order valence-electron chi connectivity index (χ2n) is 4.33. The summed E-state index contributed by atoms with van der Waals surface area (Å²) >= 11 is 13.5. The summed E-state index contributed by atoms with van der Waals surface area (Å²) in [5.74, 6) is 1.26. The van der Waals surface area contributed by atoms with Gasteiger partial charge >= 0.3 is 0 Å². The maximum atomic E-state index is 6.19. The van der Waals surface area contributed by atoms with Crippen LogP contribution in [-0.2, 0) is 6.42 Å². The van der Waals surface area contributed by atoms with Crippen molar-refractivity contribution < 1.29 is 0 Å². The lowest BCUT2D eigenvalue weighted by molar-refractivity contribution is 0.632. The van der Waals surface area contributed by atoms with Gasteiger partial charge in [-0.05, 0) is 56.9 Å². The molecule has 96 valence electrons. The Hall–Kier alpha value is 0.280. The zero-order valence-corrected chi connectivity index (χ0v) is 15.2. The molecule has 0 saturated heterocycles. The molecular formula is C12H11BrClIN2S. The van der Waals surface area contributed by atoms with E-state index in [1.165, 1.54) is 0 Å². The summed E-state index contributed by atoms with van der Waals surface area (Å²) in [7, 11) is 0. The molecule has 0 aliphatic carbocycles. The van der Waals surface area contributed by atoms with Crippen molar-refractivity contribution in [3.8, 4) is 10.7 Å². The fourth-order valence-corrected chi connectivity index (χ4v) is 3.54. The molecule has 0 amide bonds. The molecule has 0 radical (unpaired) electrons.